The van der Waals surface area contributed by atoms with Crippen molar-refractivity contribution in [3.63, 3.8) is 0 Å². The molecule has 0 aromatic heterocycles. The summed E-state index contributed by atoms with van der Waals surface area (Å²) in [5.74, 6) is 0. The van der Waals surface area contributed by atoms with Gasteiger partial charge in [-0.05, 0) is 12.8 Å². The Morgan fingerprint density at radius 1 is 1.50 bits per heavy atom. The van der Waals surface area contributed by atoms with E-state index in [1.807, 2.05) is 0 Å². The molecule has 3 atom stereocenters. The molecular formula is C6H8N2. The van der Waals surface area contributed by atoms with Gasteiger partial charge in [0.15, 0.2) is 0 Å². The van der Waals surface area contributed by atoms with Crippen LogP contribution in [0.25, 0.3) is 0 Å². The Labute approximate surface area is 48.7 Å². The predicted octanol–water partition coefficient (Wildman–Crippen LogP) is 0.357. The molecule has 2 aliphatic rings. The van der Waals surface area contributed by atoms with Gasteiger partial charge in [0.05, 0.1) is 12.1 Å². The fraction of sp³-hybridized carbons (Fsp3) is 0.833. The summed E-state index contributed by atoms with van der Waals surface area (Å²) in [7, 11) is 0. The minimum absolute atomic E-state index is 0.278. The normalized spacial score (nSPS) is 50.1. The first-order valence-corrected chi connectivity index (χ1v) is 3.07. The summed E-state index contributed by atoms with van der Waals surface area (Å²) in [5.41, 5.74) is 0. The summed E-state index contributed by atoms with van der Waals surface area (Å²) >= 11 is 0. The van der Waals surface area contributed by atoms with Crippen LogP contribution in [0.15, 0.2) is 0 Å². The van der Waals surface area contributed by atoms with Gasteiger partial charge in [-0.25, -0.2) is 0 Å². The highest BCUT2D eigenvalue weighted by Gasteiger charge is 2.45. The zero-order valence-electron chi connectivity index (χ0n) is 4.67. The van der Waals surface area contributed by atoms with Crippen molar-refractivity contribution < 1.29 is 0 Å². The van der Waals surface area contributed by atoms with Crippen LogP contribution in [0.1, 0.15) is 12.8 Å². The summed E-state index contributed by atoms with van der Waals surface area (Å²) in [6.45, 7) is 1.19. The van der Waals surface area contributed by atoms with Gasteiger partial charge in [0.25, 0.3) is 0 Å². The lowest BCUT2D eigenvalue weighted by molar-refractivity contribution is 0.506. The van der Waals surface area contributed by atoms with Gasteiger partial charge in [-0.2, -0.15) is 5.26 Å². The third-order valence-electron chi connectivity index (χ3n) is 2.08. The van der Waals surface area contributed by atoms with Gasteiger partial charge in [-0.1, -0.05) is 0 Å². The standard InChI is InChI=1S/C6H8N2/c7-3-5-1-2-6-4-8(5)6/h5-6H,1-2,4H2. The lowest BCUT2D eigenvalue weighted by atomic mass is 10.2. The number of nitrogens with zero attached hydrogens (tertiary/aromatic N) is 2. The van der Waals surface area contributed by atoms with E-state index in [0.29, 0.717) is 0 Å². The third kappa shape index (κ3) is 0.399. The van der Waals surface area contributed by atoms with Gasteiger partial charge < -0.3 is 0 Å². The molecule has 42 valence electrons. The summed E-state index contributed by atoms with van der Waals surface area (Å²) in [4.78, 5) is 2.26. The Morgan fingerprint density at radius 3 is 2.62 bits per heavy atom. The van der Waals surface area contributed by atoms with Crippen molar-refractivity contribution in [2.75, 3.05) is 6.54 Å². The van der Waals surface area contributed by atoms with Crippen molar-refractivity contribution in [2.45, 2.75) is 24.9 Å². The van der Waals surface area contributed by atoms with E-state index in [0.717, 1.165) is 12.5 Å². The molecule has 8 heavy (non-hydrogen) atoms. The number of rotatable bonds is 0. The van der Waals surface area contributed by atoms with Crippen molar-refractivity contribution in [2.24, 2.45) is 0 Å². The molecule has 0 spiro atoms. The molecule has 2 saturated heterocycles. The molecule has 0 radical (unpaired) electrons. The average molecular weight is 108 g/mol. The van der Waals surface area contributed by atoms with Gasteiger partial charge in [-0.3, -0.25) is 4.90 Å². The molecule has 0 aromatic carbocycles. The summed E-state index contributed by atoms with van der Waals surface area (Å²) in [6.07, 6.45) is 2.37. The van der Waals surface area contributed by atoms with Crippen molar-refractivity contribution in [1.82, 2.24) is 4.90 Å². The van der Waals surface area contributed by atoms with Crippen LogP contribution in [0.2, 0.25) is 0 Å². The quantitative estimate of drug-likeness (QED) is 0.419. The van der Waals surface area contributed by atoms with E-state index in [4.69, 9.17) is 5.26 Å². The Kier molecular flexibility index (Phi) is 0.671. The van der Waals surface area contributed by atoms with E-state index < -0.39 is 0 Å². The van der Waals surface area contributed by atoms with Crippen LogP contribution in [0.3, 0.4) is 0 Å². The smallest absolute Gasteiger partial charge is 0.0981 e. The number of fused-ring (bicyclic) bond motifs is 1. The molecule has 2 nitrogen and oxygen atoms in total. The van der Waals surface area contributed by atoms with Crippen molar-refractivity contribution in [3.05, 3.63) is 0 Å². The lowest BCUT2D eigenvalue weighted by Gasteiger charge is -1.98. The molecule has 0 bridgehead atoms. The Hall–Kier alpha value is -0.550. The Balaban J connectivity index is 2.09. The second kappa shape index (κ2) is 1.24. The van der Waals surface area contributed by atoms with E-state index >= 15 is 0 Å². The van der Waals surface area contributed by atoms with Crippen LogP contribution in [-0.2, 0) is 0 Å². The number of hydrogen-bond acceptors (Lipinski definition) is 2. The first-order chi connectivity index (χ1) is 3.92. The van der Waals surface area contributed by atoms with Crippen molar-refractivity contribution in [1.29, 1.82) is 5.26 Å². The number of nitriles is 1. The van der Waals surface area contributed by atoms with E-state index in [1.54, 1.807) is 0 Å². The second-order valence-electron chi connectivity index (χ2n) is 2.57. The van der Waals surface area contributed by atoms with Crippen LogP contribution in [0.4, 0.5) is 0 Å². The maximum Gasteiger partial charge on any atom is 0.0981 e. The van der Waals surface area contributed by atoms with Crippen molar-refractivity contribution in [3.8, 4) is 6.07 Å². The van der Waals surface area contributed by atoms with Crippen LogP contribution < -0.4 is 0 Å². The number of hydrogen-bond donors (Lipinski definition) is 0. The lowest BCUT2D eigenvalue weighted by Crippen LogP contribution is -2.10. The molecule has 0 N–H and O–H groups in total. The molecule has 2 rings (SSSR count). The molecule has 2 fully saturated rings. The minimum atomic E-state index is 0.278. The van der Waals surface area contributed by atoms with E-state index in [1.165, 1.54) is 13.0 Å². The van der Waals surface area contributed by atoms with Crippen LogP contribution in [-0.4, -0.2) is 23.5 Å². The first-order valence-electron chi connectivity index (χ1n) is 3.07. The fourth-order valence-electron chi connectivity index (χ4n) is 1.49. The molecular weight excluding hydrogens is 100 g/mol. The van der Waals surface area contributed by atoms with Gasteiger partial charge in [0, 0.05) is 12.6 Å². The highest BCUT2D eigenvalue weighted by molar-refractivity contribution is 5.09. The van der Waals surface area contributed by atoms with Crippen molar-refractivity contribution >= 4 is 0 Å². The monoisotopic (exact) mass is 108 g/mol. The largest absolute Gasteiger partial charge is 0.282 e. The highest BCUT2D eigenvalue weighted by Crippen LogP contribution is 2.34. The summed E-state index contributed by atoms with van der Waals surface area (Å²) in [6, 6.07) is 3.36. The zero-order chi connectivity index (χ0) is 5.56. The second-order valence-corrected chi connectivity index (χ2v) is 2.57. The van der Waals surface area contributed by atoms with E-state index in [2.05, 4.69) is 11.0 Å². The molecule has 3 unspecified atom stereocenters. The molecule has 0 amide bonds. The summed E-state index contributed by atoms with van der Waals surface area (Å²) < 4.78 is 0. The van der Waals surface area contributed by atoms with Gasteiger partial charge >= 0.3 is 0 Å². The highest BCUT2D eigenvalue weighted by atomic mass is 15.3. The topological polar surface area (TPSA) is 26.8 Å². The molecule has 2 heteroatoms. The third-order valence-corrected chi connectivity index (χ3v) is 2.08. The van der Waals surface area contributed by atoms with Gasteiger partial charge in [0.2, 0.25) is 0 Å². The molecule has 0 aliphatic carbocycles. The summed E-state index contributed by atoms with van der Waals surface area (Å²) in [5, 5.41) is 8.47. The van der Waals surface area contributed by atoms with Gasteiger partial charge in [-0.15, -0.1) is 0 Å². The Morgan fingerprint density at radius 2 is 2.38 bits per heavy atom. The first kappa shape index (κ1) is 4.34. The fourth-order valence-corrected chi connectivity index (χ4v) is 1.49. The SMILES string of the molecule is N#CC1CCC2CN12. The molecule has 0 saturated carbocycles. The molecule has 2 heterocycles. The van der Waals surface area contributed by atoms with Crippen LogP contribution >= 0.6 is 0 Å². The maximum absolute atomic E-state index is 8.47. The van der Waals surface area contributed by atoms with Gasteiger partial charge in [0.1, 0.15) is 0 Å². The minimum Gasteiger partial charge on any atom is -0.282 e. The predicted molar refractivity (Wildman–Crippen MR) is 29.1 cm³/mol. The number of piperidine rings is 1. The molecule has 2 aliphatic heterocycles. The maximum atomic E-state index is 8.47. The van der Waals surface area contributed by atoms with E-state index in [9.17, 15) is 0 Å². The average Bonchev–Trinajstić information content (AvgIpc) is 2.46. The van der Waals surface area contributed by atoms with Crippen LogP contribution in [0.5, 0.6) is 0 Å². The molecule has 0 aromatic rings. The van der Waals surface area contributed by atoms with E-state index in [-0.39, 0.29) is 6.04 Å². The van der Waals surface area contributed by atoms with Crippen LogP contribution in [0, 0.1) is 11.3 Å². The zero-order valence-corrected chi connectivity index (χ0v) is 4.67. The Bertz CT molecular complexity index is 147.